The van der Waals surface area contributed by atoms with Crippen LogP contribution in [-0.2, 0) is 11.2 Å². The maximum atomic E-state index is 11.0. The number of aromatic nitrogens is 2. The minimum absolute atomic E-state index is 0.00229. The van der Waals surface area contributed by atoms with Crippen molar-refractivity contribution in [3.8, 4) is 11.5 Å². The van der Waals surface area contributed by atoms with E-state index in [4.69, 9.17) is 9.52 Å². The monoisotopic (exact) mass is 291 g/mol. The third kappa shape index (κ3) is 3.62. The minimum Gasteiger partial charge on any atom is -0.481 e. The molecule has 0 fully saturated rings. The molecule has 1 aromatic carbocycles. The lowest BCUT2D eigenvalue weighted by Crippen LogP contribution is -1.95. The molecular formula is C13H13N3O5. The molecule has 2 aromatic rings. The molecular weight excluding hydrogens is 278 g/mol. The number of carbonyl (C=O) groups is 1. The van der Waals surface area contributed by atoms with Gasteiger partial charge in [-0.1, -0.05) is 6.07 Å². The van der Waals surface area contributed by atoms with Crippen molar-refractivity contribution in [2.75, 3.05) is 0 Å². The molecule has 21 heavy (non-hydrogen) atoms. The minimum atomic E-state index is -0.899. The molecule has 1 aromatic heterocycles. The number of aliphatic carboxylic acids is 1. The third-order valence-corrected chi connectivity index (χ3v) is 2.83. The quantitative estimate of drug-likeness (QED) is 0.640. The first-order valence-corrected chi connectivity index (χ1v) is 6.27. The Balaban J connectivity index is 2.23. The Morgan fingerprint density at radius 2 is 2.19 bits per heavy atom. The van der Waals surface area contributed by atoms with Crippen LogP contribution in [0.2, 0.25) is 0 Å². The number of carboxylic acids is 1. The number of benzene rings is 1. The Kier molecular flexibility index (Phi) is 4.27. The summed E-state index contributed by atoms with van der Waals surface area (Å²) >= 11 is 0. The fourth-order valence-electron chi connectivity index (χ4n) is 1.83. The van der Waals surface area contributed by atoms with Gasteiger partial charge in [-0.2, -0.15) is 0 Å². The smallest absolute Gasteiger partial charge is 0.303 e. The van der Waals surface area contributed by atoms with E-state index in [0.717, 1.165) is 5.56 Å². The normalized spacial score (nSPS) is 10.5. The molecule has 2 rings (SSSR count). The fourth-order valence-corrected chi connectivity index (χ4v) is 1.83. The zero-order valence-corrected chi connectivity index (χ0v) is 11.3. The molecule has 0 spiro atoms. The zero-order valence-electron chi connectivity index (χ0n) is 11.3. The van der Waals surface area contributed by atoms with Crippen LogP contribution in [0.25, 0.3) is 11.5 Å². The molecule has 110 valence electrons. The van der Waals surface area contributed by atoms with Gasteiger partial charge in [0.05, 0.1) is 4.92 Å². The molecule has 0 unspecified atom stereocenters. The summed E-state index contributed by atoms with van der Waals surface area (Å²) in [5.41, 5.74) is 0.986. The Labute approximate surface area is 119 Å². The van der Waals surface area contributed by atoms with E-state index in [1.807, 2.05) is 0 Å². The second-order valence-corrected chi connectivity index (χ2v) is 4.53. The largest absolute Gasteiger partial charge is 0.481 e. The van der Waals surface area contributed by atoms with E-state index in [1.54, 1.807) is 19.1 Å². The van der Waals surface area contributed by atoms with Gasteiger partial charge in [0.2, 0.25) is 5.89 Å². The number of carboxylic acid groups (broad SMARTS) is 1. The molecule has 0 amide bonds. The predicted molar refractivity (Wildman–Crippen MR) is 71.7 cm³/mol. The Bertz CT molecular complexity index is 680. The highest BCUT2D eigenvalue weighted by molar-refractivity contribution is 5.67. The number of hydrogen-bond donors (Lipinski definition) is 1. The highest BCUT2D eigenvalue weighted by atomic mass is 16.6. The molecule has 0 bridgehead atoms. The van der Waals surface area contributed by atoms with Gasteiger partial charge in [-0.15, -0.1) is 10.2 Å². The molecule has 0 radical (unpaired) electrons. The second-order valence-electron chi connectivity index (χ2n) is 4.53. The first kappa shape index (κ1) is 14.6. The van der Waals surface area contributed by atoms with Gasteiger partial charge in [-0.25, -0.2) is 0 Å². The van der Waals surface area contributed by atoms with Crippen LogP contribution in [0.15, 0.2) is 22.6 Å². The molecule has 8 nitrogen and oxygen atoms in total. The number of hydrogen-bond acceptors (Lipinski definition) is 6. The summed E-state index contributed by atoms with van der Waals surface area (Å²) in [5, 5.41) is 27.2. The first-order valence-electron chi connectivity index (χ1n) is 6.27. The van der Waals surface area contributed by atoms with Gasteiger partial charge < -0.3 is 9.52 Å². The van der Waals surface area contributed by atoms with Gasteiger partial charge in [-0.05, 0) is 25.0 Å². The van der Waals surface area contributed by atoms with Gasteiger partial charge >= 0.3 is 5.97 Å². The lowest BCUT2D eigenvalue weighted by molar-refractivity contribution is -0.384. The third-order valence-electron chi connectivity index (χ3n) is 2.83. The first-order chi connectivity index (χ1) is 9.97. The van der Waals surface area contributed by atoms with Crippen LogP contribution in [0.4, 0.5) is 5.69 Å². The topological polar surface area (TPSA) is 119 Å². The standard InChI is InChI=1S/C13H13N3O5/c1-8-5-6-10(16(19)20)9(7-8)13-15-14-11(21-13)3-2-4-12(17)18/h5-7H,2-4H2,1H3,(H,17,18). The van der Waals surface area contributed by atoms with Crippen LogP contribution >= 0.6 is 0 Å². The molecule has 0 aliphatic heterocycles. The van der Waals surface area contributed by atoms with Crippen LogP contribution in [0.1, 0.15) is 24.3 Å². The maximum Gasteiger partial charge on any atom is 0.303 e. The van der Waals surface area contributed by atoms with Crippen LogP contribution in [-0.4, -0.2) is 26.2 Å². The second kappa shape index (κ2) is 6.12. The number of rotatable bonds is 6. The molecule has 1 heterocycles. The lowest BCUT2D eigenvalue weighted by atomic mass is 10.1. The fraction of sp³-hybridized carbons (Fsp3) is 0.308. The molecule has 8 heteroatoms. The SMILES string of the molecule is Cc1ccc([N+](=O)[O-])c(-c2nnc(CCCC(=O)O)o2)c1. The highest BCUT2D eigenvalue weighted by Gasteiger charge is 2.20. The van der Waals surface area contributed by atoms with Crippen LogP contribution in [0.3, 0.4) is 0 Å². The molecule has 0 saturated heterocycles. The van der Waals surface area contributed by atoms with Gasteiger partial charge in [-0.3, -0.25) is 14.9 Å². The Hall–Kier alpha value is -2.77. The Morgan fingerprint density at radius 3 is 2.86 bits per heavy atom. The van der Waals surface area contributed by atoms with Gasteiger partial charge in [0.1, 0.15) is 5.56 Å². The van der Waals surface area contributed by atoms with E-state index >= 15 is 0 Å². The van der Waals surface area contributed by atoms with Crippen molar-refractivity contribution in [3.05, 3.63) is 39.8 Å². The summed E-state index contributed by atoms with van der Waals surface area (Å²) in [6.45, 7) is 1.80. The number of nitro groups is 1. The number of nitro benzene ring substituents is 1. The molecule has 0 aliphatic rings. The van der Waals surface area contributed by atoms with Crippen molar-refractivity contribution in [1.82, 2.24) is 10.2 Å². The summed E-state index contributed by atoms with van der Waals surface area (Å²) in [7, 11) is 0. The molecule has 0 atom stereocenters. The van der Waals surface area contributed by atoms with Crippen molar-refractivity contribution < 1.29 is 19.2 Å². The summed E-state index contributed by atoms with van der Waals surface area (Å²) in [4.78, 5) is 20.9. The lowest BCUT2D eigenvalue weighted by Gasteiger charge is -1.99. The zero-order chi connectivity index (χ0) is 15.4. The van der Waals surface area contributed by atoms with Crippen molar-refractivity contribution in [2.24, 2.45) is 0 Å². The van der Waals surface area contributed by atoms with E-state index in [0.29, 0.717) is 12.8 Å². The average molecular weight is 291 g/mol. The average Bonchev–Trinajstić information content (AvgIpc) is 2.86. The number of aryl methyl sites for hydroxylation is 2. The van der Waals surface area contributed by atoms with E-state index in [1.165, 1.54) is 6.07 Å². The summed E-state index contributed by atoms with van der Waals surface area (Å²) in [5.74, 6) is -0.568. The van der Waals surface area contributed by atoms with E-state index in [9.17, 15) is 14.9 Å². The molecule has 0 aliphatic carbocycles. The van der Waals surface area contributed by atoms with E-state index < -0.39 is 10.9 Å². The summed E-state index contributed by atoms with van der Waals surface area (Å²) in [6.07, 6.45) is 0.689. The predicted octanol–water partition coefficient (Wildman–Crippen LogP) is 2.36. The van der Waals surface area contributed by atoms with Crippen molar-refractivity contribution in [2.45, 2.75) is 26.2 Å². The summed E-state index contributed by atoms with van der Waals surface area (Å²) < 4.78 is 5.38. The van der Waals surface area contributed by atoms with Gasteiger partial charge in [0.25, 0.3) is 11.6 Å². The number of nitrogens with zero attached hydrogens (tertiary/aromatic N) is 3. The van der Waals surface area contributed by atoms with Crippen molar-refractivity contribution >= 4 is 11.7 Å². The molecule has 0 saturated carbocycles. The van der Waals surface area contributed by atoms with E-state index in [-0.39, 0.29) is 29.5 Å². The molecule has 1 N–H and O–H groups in total. The van der Waals surface area contributed by atoms with Gasteiger partial charge in [0.15, 0.2) is 0 Å². The van der Waals surface area contributed by atoms with Crippen molar-refractivity contribution in [1.29, 1.82) is 0 Å². The highest BCUT2D eigenvalue weighted by Crippen LogP contribution is 2.29. The van der Waals surface area contributed by atoms with Crippen molar-refractivity contribution in [3.63, 3.8) is 0 Å². The van der Waals surface area contributed by atoms with Crippen LogP contribution in [0.5, 0.6) is 0 Å². The summed E-state index contributed by atoms with van der Waals surface area (Å²) in [6, 6.07) is 4.62. The van der Waals surface area contributed by atoms with Crippen LogP contribution in [0, 0.1) is 17.0 Å². The van der Waals surface area contributed by atoms with E-state index in [2.05, 4.69) is 10.2 Å². The van der Waals surface area contributed by atoms with Crippen LogP contribution < -0.4 is 0 Å². The Morgan fingerprint density at radius 1 is 1.43 bits per heavy atom. The van der Waals surface area contributed by atoms with Gasteiger partial charge in [0, 0.05) is 18.9 Å². The maximum absolute atomic E-state index is 11.0.